The molecule has 0 amide bonds. The van der Waals surface area contributed by atoms with Crippen LogP contribution in [0.1, 0.15) is 22.8 Å². The van der Waals surface area contributed by atoms with E-state index in [0.717, 1.165) is 11.1 Å². The summed E-state index contributed by atoms with van der Waals surface area (Å²) in [5.41, 5.74) is 2.67. The summed E-state index contributed by atoms with van der Waals surface area (Å²) in [6.45, 7) is 3.96. The van der Waals surface area contributed by atoms with E-state index in [2.05, 4.69) is 0 Å². The highest BCUT2D eigenvalue weighted by atomic mass is 35.5. The van der Waals surface area contributed by atoms with Gasteiger partial charge in [-0.2, -0.15) is 0 Å². The second-order valence-corrected chi connectivity index (χ2v) is 6.95. The maximum atomic E-state index is 11.7. The number of benzene rings is 3. The number of halogens is 1. The molecule has 0 radical (unpaired) electrons. The molecule has 5 nitrogen and oxygen atoms in total. The van der Waals surface area contributed by atoms with Crippen molar-refractivity contribution >= 4 is 17.6 Å². The molecule has 6 heteroatoms. The zero-order valence-corrected chi connectivity index (χ0v) is 16.8. The average molecular weight is 413 g/mol. The maximum absolute atomic E-state index is 11.7. The van der Waals surface area contributed by atoms with Crippen LogP contribution in [0.2, 0.25) is 5.02 Å². The highest BCUT2D eigenvalue weighted by molar-refractivity contribution is 6.30. The Morgan fingerprint density at radius 3 is 1.97 bits per heavy atom. The number of aliphatic carboxylic acids is 1. The van der Waals surface area contributed by atoms with Gasteiger partial charge in [0, 0.05) is 10.6 Å². The molecule has 1 unspecified atom stereocenters. The number of ether oxygens (including phenoxy) is 3. The van der Waals surface area contributed by atoms with Crippen molar-refractivity contribution in [2.24, 2.45) is 0 Å². The summed E-state index contributed by atoms with van der Waals surface area (Å²) in [7, 11) is 0. The van der Waals surface area contributed by atoms with Crippen LogP contribution in [0.15, 0.2) is 66.7 Å². The summed E-state index contributed by atoms with van der Waals surface area (Å²) in [6.07, 6.45) is -1.11. The Balaban J connectivity index is 1.62. The quantitative estimate of drug-likeness (QED) is 0.489. The van der Waals surface area contributed by atoms with Crippen LogP contribution in [0, 0.1) is 13.8 Å². The van der Waals surface area contributed by atoms with Gasteiger partial charge in [-0.1, -0.05) is 29.8 Å². The van der Waals surface area contributed by atoms with Gasteiger partial charge >= 0.3 is 5.97 Å². The lowest BCUT2D eigenvalue weighted by Crippen LogP contribution is -2.18. The largest absolute Gasteiger partial charge is 0.478 e. The van der Waals surface area contributed by atoms with E-state index < -0.39 is 12.1 Å². The van der Waals surface area contributed by atoms with E-state index in [4.69, 9.17) is 25.8 Å². The van der Waals surface area contributed by atoms with Gasteiger partial charge in [0.1, 0.15) is 17.2 Å². The lowest BCUT2D eigenvalue weighted by molar-refractivity contribution is -0.145. The molecule has 1 atom stereocenters. The highest BCUT2D eigenvalue weighted by Crippen LogP contribution is 2.26. The van der Waals surface area contributed by atoms with Gasteiger partial charge in [0.15, 0.2) is 0 Å². The van der Waals surface area contributed by atoms with Gasteiger partial charge in [0.2, 0.25) is 12.9 Å². The molecule has 0 spiro atoms. The molecule has 3 aromatic rings. The molecule has 0 heterocycles. The number of carbonyl (C=O) groups is 1. The zero-order chi connectivity index (χ0) is 20.8. The standard InChI is InChI=1S/C23H21ClO5/c1-15-3-8-21(13-16(15)2)29-22(23(25)26)17-4-9-19(10-5-17)27-14-28-20-11-6-18(24)7-12-20/h3-13,22H,14H2,1-2H3,(H,25,26). The van der Waals surface area contributed by atoms with Crippen molar-refractivity contribution < 1.29 is 24.1 Å². The fraction of sp³-hybridized carbons (Fsp3) is 0.174. The lowest BCUT2D eigenvalue weighted by Gasteiger charge is -2.17. The third-order valence-corrected chi connectivity index (χ3v) is 4.66. The van der Waals surface area contributed by atoms with E-state index in [1.807, 2.05) is 26.0 Å². The Morgan fingerprint density at radius 2 is 1.41 bits per heavy atom. The molecule has 1 N–H and O–H groups in total. The van der Waals surface area contributed by atoms with E-state index in [1.165, 1.54) is 0 Å². The fourth-order valence-electron chi connectivity index (χ4n) is 2.62. The van der Waals surface area contributed by atoms with E-state index in [0.29, 0.717) is 27.8 Å². The van der Waals surface area contributed by atoms with Crippen LogP contribution in [0.5, 0.6) is 17.2 Å². The molecule has 29 heavy (non-hydrogen) atoms. The summed E-state index contributed by atoms with van der Waals surface area (Å²) in [6, 6.07) is 19.1. The first kappa shape index (κ1) is 20.6. The smallest absolute Gasteiger partial charge is 0.349 e. The van der Waals surface area contributed by atoms with Gasteiger partial charge in [-0.05, 0) is 73.5 Å². The molecule has 0 fully saturated rings. The first-order chi connectivity index (χ1) is 13.9. The molecule has 0 aliphatic rings. The fourth-order valence-corrected chi connectivity index (χ4v) is 2.75. The monoisotopic (exact) mass is 412 g/mol. The molecule has 0 bridgehead atoms. The predicted octanol–water partition coefficient (Wildman–Crippen LogP) is 5.58. The van der Waals surface area contributed by atoms with Crippen molar-refractivity contribution in [3.63, 3.8) is 0 Å². The van der Waals surface area contributed by atoms with Crippen LogP contribution in [-0.2, 0) is 4.79 Å². The average Bonchev–Trinajstić information content (AvgIpc) is 2.71. The number of rotatable bonds is 8. The molecule has 0 saturated heterocycles. The number of hydrogen-bond donors (Lipinski definition) is 1. The number of aryl methyl sites for hydroxylation is 2. The molecule has 0 aromatic heterocycles. The van der Waals surface area contributed by atoms with E-state index in [-0.39, 0.29) is 6.79 Å². The first-order valence-electron chi connectivity index (χ1n) is 9.00. The summed E-state index contributed by atoms with van der Waals surface area (Å²) in [5, 5.41) is 10.2. The minimum Gasteiger partial charge on any atom is -0.478 e. The molecule has 3 rings (SSSR count). The van der Waals surface area contributed by atoms with Crippen LogP contribution in [-0.4, -0.2) is 17.9 Å². The van der Waals surface area contributed by atoms with Crippen molar-refractivity contribution in [1.82, 2.24) is 0 Å². The normalized spacial score (nSPS) is 11.6. The van der Waals surface area contributed by atoms with Crippen LogP contribution in [0.4, 0.5) is 0 Å². The molecule has 0 aliphatic heterocycles. The van der Waals surface area contributed by atoms with Gasteiger partial charge in [0.25, 0.3) is 0 Å². The Bertz CT molecular complexity index is 968. The van der Waals surface area contributed by atoms with Gasteiger partial charge < -0.3 is 19.3 Å². The van der Waals surface area contributed by atoms with Crippen LogP contribution >= 0.6 is 11.6 Å². The van der Waals surface area contributed by atoms with Crippen molar-refractivity contribution in [3.05, 3.63) is 88.4 Å². The van der Waals surface area contributed by atoms with Gasteiger partial charge in [-0.25, -0.2) is 4.79 Å². The van der Waals surface area contributed by atoms with Crippen LogP contribution < -0.4 is 14.2 Å². The van der Waals surface area contributed by atoms with Crippen LogP contribution in [0.25, 0.3) is 0 Å². The number of hydrogen-bond acceptors (Lipinski definition) is 4. The topological polar surface area (TPSA) is 65.0 Å². The summed E-state index contributed by atoms with van der Waals surface area (Å²) in [5.74, 6) is 0.636. The van der Waals surface area contributed by atoms with Gasteiger partial charge in [-0.3, -0.25) is 0 Å². The Morgan fingerprint density at radius 1 is 0.862 bits per heavy atom. The van der Waals surface area contributed by atoms with E-state index in [9.17, 15) is 9.90 Å². The van der Waals surface area contributed by atoms with Crippen molar-refractivity contribution in [3.8, 4) is 17.2 Å². The SMILES string of the molecule is Cc1ccc(OC(C(=O)O)c2ccc(OCOc3ccc(Cl)cc3)cc2)cc1C. The molecular weight excluding hydrogens is 392 g/mol. The molecular formula is C23H21ClO5. The minimum atomic E-state index is -1.11. The van der Waals surface area contributed by atoms with E-state index >= 15 is 0 Å². The first-order valence-corrected chi connectivity index (χ1v) is 9.38. The number of carboxylic acids is 1. The Hall–Kier alpha value is -3.18. The predicted molar refractivity (Wildman–Crippen MR) is 111 cm³/mol. The van der Waals surface area contributed by atoms with Crippen molar-refractivity contribution in [2.45, 2.75) is 20.0 Å². The third kappa shape index (κ3) is 5.65. The second-order valence-electron chi connectivity index (χ2n) is 6.51. The summed E-state index contributed by atoms with van der Waals surface area (Å²) < 4.78 is 16.7. The molecule has 0 aliphatic carbocycles. The molecule has 150 valence electrons. The lowest BCUT2D eigenvalue weighted by atomic mass is 10.1. The Labute approximate surface area is 174 Å². The van der Waals surface area contributed by atoms with Gasteiger partial charge in [0.05, 0.1) is 0 Å². The van der Waals surface area contributed by atoms with Crippen molar-refractivity contribution in [1.29, 1.82) is 0 Å². The third-order valence-electron chi connectivity index (χ3n) is 4.40. The van der Waals surface area contributed by atoms with Crippen LogP contribution in [0.3, 0.4) is 0 Å². The van der Waals surface area contributed by atoms with Gasteiger partial charge in [-0.15, -0.1) is 0 Å². The molecule has 0 saturated carbocycles. The number of carboxylic acid groups (broad SMARTS) is 1. The zero-order valence-electron chi connectivity index (χ0n) is 16.1. The highest BCUT2D eigenvalue weighted by Gasteiger charge is 2.22. The molecule has 3 aromatic carbocycles. The second kappa shape index (κ2) is 9.34. The Kier molecular flexibility index (Phi) is 6.62. The minimum absolute atomic E-state index is 0.0164. The maximum Gasteiger partial charge on any atom is 0.349 e. The summed E-state index contributed by atoms with van der Waals surface area (Å²) in [4.78, 5) is 11.7. The van der Waals surface area contributed by atoms with Crippen molar-refractivity contribution in [2.75, 3.05) is 6.79 Å². The summed E-state index contributed by atoms with van der Waals surface area (Å²) >= 11 is 5.83. The van der Waals surface area contributed by atoms with E-state index in [1.54, 1.807) is 54.6 Å².